The Morgan fingerprint density at radius 1 is 1.50 bits per heavy atom. The van der Waals surface area contributed by atoms with E-state index in [1.807, 2.05) is 13.8 Å². The van der Waals surface area contributed by atoms with Gasteiger partial charge in [0.05, 0.1) is 22.6 Å². The molecule has 2 aromatic rings. The number of nitro groups is 1. The van der Waals surface area contributed by atoms with Gasteiger partial charge >= 0.3 is 5.82 Å². The molecule has 0 aliphatic rings. The fraction of sp³-hybridized carbons (Fsp3) is 0.364. The Kier molecular flexibility index (Phi) is 3.79. The van der Waals surface area contributed by atoms with Gasteiger partial charge in [0, 0.05) is 4.88 Å². The van der Waals surface area contributed by atoms with Crippen LogP contribution in [0.15, 0.2) is 6.07 Å². The third-order valence-electron chi connectivity index (χ3n) is 2.72. The van der Waals surface area contributed by atoms with E-state index in [1.54, 1.807) is 6.92 Å². The van der Waals surface area contributed by atoms with Gasteiger partial charge in [0.15, 0.2) is 5.13 Å². The first-order valence-corrected chi connectivity index (χ1v) is 6.61. The standard InChI is InChI=1S/C11H13N5O3S/c1-6-4-9(16(18)19)14-15(6)5-10(17)13-11-12-7(2)8(3)20-11/h4H,5H2,1-3H3,(H,12,13,17). The molecule has 0 saturated carbocycles. The number of rotatable bonds is 4. The van der Waals surface area contributed by atoms with Crippen LogP contribution in [0.4, 0.5) is 10.9 Å². The highest BCUT2D eigenvalue weighted by molar-refractivity contribution is 7.15. The summed E-state index contributed by atoms with van der Waals surface area (Å²) in [5.41, 5.74) is 1.43. The summed E-state index contributed by atoms with van der Waals surface area (Å²) in [4.78, 5) is 27.1. The molecule has 0 radical (unpaired) electrons. The van der Waals surface area contributed by atoms with Gasteiger partial charge in [-0.3, -0.25) is 4.79 Å². The number of hydrogen-bond donors (Lipinski definition) is 1. The third kappa shape index (κ3) is 2.99. The van der Waals surface area contributed by atoms with Crippen LogP contribution >= 0.6 is 11.3 Å². The molecule has 1 amide bonds. The molecule has 2 heterocycles. The molecular weight excluding hydrogens is 282 g/mol. The predicted molar refractivity (Wildman–Crippen MR) is 73.8 cm³/mol. The Labute approximate surface area is 118 Å². The lowest BCUT2D eigenvalue weighted by Crippen LogP contribution is -2.20. The van der Waals surface area contributed by atoms with E-state index in [9.17, 15) is 14.9 Å². The van der Waals surface area contributed by atoms with Gasteiger partial charge in [0.25, 0.3) is 0 Å². The maximum absolute atomic E-state index is 11.9. The summed E-state index contributed by atoms with van der Waals surface area (Å²) in [6.07, 6.45) is 0. The van der Waals surface area contributed by atoms with Crippen LogP contribution < -0.4 is 5.32 Å². The lowest BCUT2D eigenvalue weighted by atomic mass is 10.4. The third-order valence-corrected chi connectivity index (χ3v) is 3.71. The molecule has 9 heteroatoms. The molecule has 2 rings (SSSR count). The summed E-state index contributed by atoms with van der Waals surface area (Å²) in [7, 11) is 0. The molecule has 20 heavy (non-hydrogen) atoms. The van der Waals surface area contributed by atoms with Crippen molar-refractivity contribution >= 4 is 28.2 Å². The molecule has 1 N–H and O–H groups in total. The SMILES string of the molecule is Cc1nc(NC(=O)Cn2nc([N+](=O)[O-])cc2C)sc1C. The van der Waals surface area contributed by atoms with Crippen molar-refractivity contribution in [1.82, 2.24) is 14.8 Å². The minimum Gasteiger partial charge on any atom is -0.358 e. The molecule has 8 nitrogen and oxygen atoms in total. The van der Waals surface area contributed by atoms with Crippen LogP contribution in [0, 0.1) is 30.9 Å². The van der Waals surface area contributed by atoms with Gasteiger partial charge in [-0.25, -0.2) is 4.98 Å². The van der Waals surface area contributed by atoms with E-state index in [2.05, 4.69) is 15.4 Å². The van der Waals surface area contributed by atoms with E-state index >= 15 is 0 Å². The topological polar surface area (TPSA) is 103 Å². The number of aromatic nitrogens is 3. The van der Waals surface area contributed by atoms with Gasteiger partial charge in [-0.2, -0.15) is 4.68 Å². The number of nitrogens with one attached hydrogen (secondary N) is 1. The van der Waals surface area contributed by atoms with Crippen LogP contribution in [0.3, 0.4) is 0 Å². The van der Waals surface area contributed by atoms with Crippen LogP contribution in [0.5, 0.6) is 0 Å². The number of aryl methyl sites for hydroxylation is 3. The van der Waals surface area contributed by atoms with Crippen molar-refractivity contribution in [2.24, 2.45) is 0 Å². The molecular formula is C11H13N5O3S. The van der Waals surface area contributed by atoms with Crippen molar-refractivity contribution in [3.63, 3.8) is 0 Å². The molecule has 0 aromatic carbocycles. The Bertz CT molecular complexity index is 656. The number of nitrogens with zero attached hydrogens (tertiary/aromatic N) is 4. The van der Waals surface area contributed by atoms with Crippen LogP contribution in [0.2, 0.25) is 0 Å². The Hall–Kier alpha value is -2.29. The number of amides is 1. The number of anilines is 1. The van der Waals surface area contributed by atoms with Crippen LogP contribution in [-0.2, 0) is 11.3 Å². The minimum atomic E-state index is -0.588. The maximum Gasteiger partial charge on any atom is 0.390 e. The quantitative estimate of drug-likeness (QED) is 0.684. The molecule has 0 bridgehead atoms. The lowest BCUT2D eigenvalue weighted by Gasteiger charge is -2.00. The highest BCUT2D eigenvalue weighted by Gasteiger charge is 2.18. The van der Waals surface area contributed by atoms with E-state index in [0.717, 1.165) is 10.6 Å². The first-order valence-electron chi connectivity index (χ1n) is 5.79. The Morgan fingerprint density at radius 2 is 2.20 bits per heavy atom. The lowest BCUT2D eigenvalue weighted by molar-refractivity contribution is -0.389. The number of carbonyl (C=O) groups is 1. The molecule has 2 aromatic heterocycles. The second kappa shape index (κ2) is 5.37. The van der Waals surface area contributed by atoms with Gasteiger partial charge in [-0.05, 0) is 25.7 Å². The molecule has 0 fully saturated rings. The van der Waals surface area contributed by atoms with Crippen LogP contribution in [0.1, 0.15) is 16.3 Å². The zero-order valence-corrected chi connectivity index (χ0v) is 12.0. The average molecular weight is 295 g/mol. The fourth-order valence-electron chi connectivity index (χ4n) is 1.56. The monoisotopic (exact) mass is 295 g/mol. The Balaban J connectivity index is 2.06. The normalized spacial score (nSPS) is 10.6. The maximum atomic E-state index is 11.9. The minimum absolute atomic E-state index is 0.0860. The van der Waals surface area contributed by atoms with Gasteiger partial charge in [-0.1, -0.05) is 0 Å². The van der Waals surface area contributed by atoms with Crippen molar-refractivity contribution in [1.29, 1.82) is 0 Å². The molecule has 0 spiro atoms. The second-order valence-electron chi connectivity index (χ2n) is 4.27. The summed E-state index contributed by atoms with van der Waals surface area (Å²) in [5, 5.41) is 17.5. The number of thiazole rings is 1. The van der Waals surface area contributed by atoms with E-state index in [1.165, 1.54) is 22.1 Å². The van der Waals surface area contributed by atoms with Gasteiger partial charge in [-0.15, -0.1) is 11.3 Å². The van der Waals surface area contributed by atoms with Gasteiger partial charge < -0.3 is 15.4 Å². The van der Waals surface area contributed by atoms with E-state index < -0.39 is 4.92 Å². The number of carbonyl (C=O) groups excluding carboxylic acids is 1. The van der Waals surface area contributed by atoms with E-state index in [4.69, 9.17) is 0 Å². The largest absolute Gasteiger partial charge is 0.390 e. The van der Waals surface area contributed by atoms with Crippen molar-refractivity contribution in [2.75, 3.05) is 5.32 Å². The Morgan fingerprint density at radius 3 is 2.70 bits per heavy atom. The molecule has 0 atom stereocenters. The van der Waals surface area contributed by atoms with Gasteiger partial charge in [0.2, 0.25) is 5.91 Å². The zero-order chi connectivity index (χ0) is 14.9. The van der Waals surface area contributed by atoms with Crippen molar-refractivity contribution in [3.05, 3.63) is 32.4 Å². The van der Waals surface area contributed by atoms with E-state index in [-0.39, 0.29) is 18.3 Å². The van der Waals surface area contributed by atoms with Crippen LogP contribution in [-0.4, -0.2) is 25.6 Å². The summed E-state index contributed by atoms with van der Waals surface area (Å²) in [6.45, 7) is 5.36. The summed E-state index contributed by atoms with van der Waals surface area (Å²) in [6, 6.07) is 1.32. The first kappa shape index (κ1) is 14.1. The van der Waals surface area contributed by atoms with Crippen molar-refractivity contribution in [3.8, 4) is 0 Å². The summed E-state index contributed by atoms with van der Waals surface area (Å²) >= 11 is 1.39. The van der Waals surface area contributed by atoms with Crippen LogP contribution in [0.25, 0.3) is 0 Å². The molecule has 0 saturated heterocycles. The van der Waals surface area contributed by atoms with E-state index in [0.29, 0.717) is 10.8 Å². The average Bonchev–Trinajstić information content (AvgIpc) is 2.84. The summed E-state index contributed by atoms with van der Waals surface area (Å²) in [5.74, 6) is -0.587. The van der Waals surface area contributed by atoms with Crippen molar-refractivity contribution < 1.29 is 9.72 Å². The molecule has 0 unspecified atom stereocenters. The zero-order valence-electron chi connectivity index (χ0n) is 11.2. The molecule has 106 valence electrons. The summed E-state index contributed by atoms with van der Waals surface area (Å²) < 4.78 is 1.29. The fourth-order valence-corrected chi connectivity index (χ4v) is 2.39. The predicted octanol–water partition coefficient (Wildman–Crippen LogP) is 1.81. The highest BCUT2D eigenvalue weighted by Crippen LogP contribution is 2.21. The first-order chi connectivity index (χ1) is 9.36. The van der Waals surface area contributed by atoms with Crippen molar-refractivity contribution in [2.45, 2.75) is 27.3 Å². The smallest absolute Gasteiger partial charge is 0.358 e. The number of hydrogen-bond acceptors (Lipinski definition) is 6. The highest BCUT2D eigenvalue weighted by atomic mass is 32.1. The second-order valence-corrected chi connectivity index (χ2v) is 5.47. The molecule has 0 aliphatic heterocycles. The molecule has 0 aliphatic carbocycles. The van der Waals surface area contributed by atoms with Gasteiger partial charge in [0.1, 0.15) is 6.54 Å².